The summed E-state index contributed by atoms with van der Waals surface area (Å²) in [6, 6.07) is 12.4. The van der Waals surface area contributed by atoms with Crippen molar-refractivity contribution < 1.29 is 4.79 Å². The van der Waals surface area contributed by atoms with Gasteiger partial charge in [-0.1, -0.05) is 24.3 Å². The second kappa shape index (κ2) is 7.78. The number of rotatable bonds is 4. The smallest absolute Gasteiger partial charge is 0.251 e. The van der Waals surface area contributed by atoms with E-state index in [1.54, 1.807) is 19.3 Å². The standard InChI is InChI=1S/C21H25N5O/c1-22-15-25-10-8-19(14-25)24-21(27)17-6-9-23-20(12-17)26-11-7-16-4-2-3-5-18(16)13-26/h2-6,9,12,15,19H,7-8,10-11,13-14H2,1H3,(H,24,27)/b22-15-/t19-/m1/s1. The minimum Gasteiger partial charge on any atom is -0.361 e. The molecule has 1 aromatic heterocycles. The Hall–Kier alpha value is -2.89. The number of amides is 1. The van der Waals surface area contributed by atoms with Crippen molar-refractivity contribution in [2.24, 2.45) is 4.99 Å². The normalized spacial score (nSPS) is 19.4. The summed E-state index contributed by atoms with van der Waals surface area (Å²) in [5.74, 6) is 0.833. The maximum Gasteiger partial charge on any atom is 0.251 e. The minimum atomic E-state index is -0.0312. The average Bonchev–Trinajstić information content (AvgIpc) is 3.15. The Morgan fingerprint density at radius 1 is 1.26 bits per heavy atom. The highest BCUT2D eigenvalue weighted by atomic mass is 16.1. The molecule has 0 spiro atoms. The summed E-state index contributed by atoms with van der Waals surface area (Å²) in [6.07, 6.45) is 5.52. The Kier molecular flexibility index (Phi) is 5.05. The highest BCUT2D eigenvalue weighted by molar-refractivity contribution is 5.95. The van der Waals surface area contributed by atoms with E-state index >= 15 is 0 Å². The van der Waals surface area contributed by atoms with Gasteiger partial charge >= 0.3 is 0 Å². The van der Waals surface area contributed by atoms with Gasteiger partial charge in [-0.05, 0) is 36.1 Å². The molecule has 0 radical (unpaired) electrons. The van der Waals surface area contributed by atoms with Crippen LogP contribution in [0.1, 0.15) is 27.9 Å². The Labute approximate surface area is 159 Å². The fourth-order valence-electron chi connectivity index (χ4n) is 3.87. The predicted octanol–water partition coefficient (Wildman–Crippen LogP) is 2.11. The molecule has 1 fully saturated rings. The Morgan fingerprint density at radius 2 is 2.11 bits per heavy atom. The van der Waals surface area contributed by atoms with Crippen LogP contribution in [-0.4, -0.2) is 54.9 Å². The zero-order valence-electron chi connectivity index (χ0n) is 15.6. The summed E-state index contributed by atoms with van der Waals surface area (Å²) in [5.41, 5.74) is 3.41. The molecule has 2 aromatic rings. The highest BCUT2D eigenvalue weighted by Gasteiger charge is 2.23. The Morgan fingerprint density at radius 3 is 2.96 bits per heavy atom. The fourth-order valence-corrected chi connectivity index (χ4v) is 3.87. The molecule has 140 valence electrons. The maximum atomic E-state index is 12.7. The lowest BCUT2D eigenvalue weighted by molar-refractivity contribution is 0.0939. The number of anilines is 1. The molecule has 4 rings (SSSR count). The van der Waals surface area contributed by atoms with E-state index in [0.29, 0.717) is 5.56 Å². The molecule has 6 nitrogen and oxygen atoms in total. The molecular weight excluding hydrogens is 338 g/mol. The number of hydrogen-bond acceptors (Lipinski definition) is 4. The Balaban J connectivity index is 1.43. The fraction of sp³-hybridized carbons (Fsp3) is 0.381. The van der Waals surface area contributed by atoms with E-state index in [4.69, 9.17) is 0 Å². The SMILES string of the molecule is C/N=C\N1CC[C@@H](NC(=O)c2ccnc(N3CCc4ccccc4C3)c2)C1. The van der Waals surface area contributed by atoms with Crippen LogP contribution in [0.5, 0.6) is 0 Å². The van der Waals surface area contributed by atoms with Crippen LogP contribution < -0.4 is 10.2 Å². The lowest BCUT2D eigenvalue weighted by Gasteiger charge is -2.30. The van der Waals surface area contributed by atoms with Crippen molar-refractivity contribution in [1.29, 1.82) is 0 Å². The van der Waals surface area contributed by atoms with Gasteiger partial charge in [-0.3, -0.25) is 9.79 Å². The minimum absolute atomic E-state index is 0.0312. The number of nitrogens with one attached hydrogen (secondary N) is 1. The van der Waals surface area contributed by atoms with Crippen molar-refractivity contribution >= 4 is 18.1 Å². The molecule has 2 aliphatic rings. The molecule has 0 unspecified atom stereocenters. The van der Waals surface area contributed by atoms with Crippen LogP contribution in [0.3, 0.4) is 0 Å². The quantitative estimate of drug-likeness (QED) is 0.668. The number of carbonyl (C=O) groups is 1. The van der Waals surface area contributed by atoms with Gasteiger partial charge in [0, 0.05) is 51.0 Å². The molecule has 1 N–H and O–H groups in total. The Bertz CT molecular complexity index is 850. The molecule has 0 saturated carbocycles. The van der Waals surface area contributed by atoms with Crippen molar-refractivity contribution in [2.45, 2.75) is 25.4 Å². The highest BCUT2D eigenvalue weighted by Crippen LogP contribution is 2.23. The summed E-state index contributed by atoms with van der Waals surface area (Å²) in [6.45, 7) is 3.49. The van der Waals surface area contributed by atoms with Gasteiger partial charge in [0.05, 0.1) is 6.34 Å². The van der Waals surface area contributed by atoms with E-state index in [0.717, 1.165) is 44.8 Å². The zero-order chi connectivity index (χ0) is 18.6. The van der Waals surface area contributed by atoms with Gasteiger partial charge in [0.25, 0.3) is 5.91 Å². The molecule has 1 aromatic carbocycles. The number of aliphatic imine (C=N–C) groups is 1. The van der Waals surface area contributed by atoms with Gasteiger partial charge in [-0.25, -0.2) is 4.98 Å². The number of carbonyl (C=O) groups excluding carboxylic acids is 1. The first-order valence-corrected chi connectivity index (χ1v) is 9.48. The number of fused-ring (bicyclic) bond motifs is 1. The van der Waals surface area contributed by atoms with E-state index in [9.17, 15) is 4.79 Å². The third kappa shape index (κ3) is 3.94. The molecule has 1 amide bonds. The number of aromatic nitrogens is 1. The lowest BCUT2D eigenvalue weighted by Crippen LogP contribution is -2.37. The van der Waals surface area contributed by atoms with Crippen LogP contribution in [0.4, 0.5) is 5.82 Å². The average molecular weight is 363 g/mol. The monoisotopic (exact) mass is 363 g/mol. The van der Waals surface area contributed by atoms with E-state index in [-0.39, 0.29) is 11.9 Å². The topological polar surface area (TPSA) is 60.8 Å². The van der Waals surface area contributed by atoms with Gasteiger partial charge in [-0.2, -0.15) is 0 Å². The second-order valence-electron chi connectivity index (χ2n) is 7.17. The van der Waals surface area contributed by atoms with Gasteiger partial charge in [0.1, 0.15) is 5.82 Å². The zero-order valence-corrected chi connectivity index (χ0v) is 15.6. The summed E-state index contributed by atoms with van der Waals surface area (Å²) in [4.78, 5) is 25.6. The van der Waals surface area contributed by atoms with Gasteiger partial charge in [-0.15, -0.1) is 0 Å². The number of pyridine rings is 1. The van der Waals surface area contributed by atoms with Gasteiger partial charge in [0.2, 0.25) is 0 Å². The van der Waals surface area contributed by atoms with E-state index in [1.807, 2.05) is 12.4 Å². The molecule has 3 heterocycles. The lowest BCUT2D eigenvalue weighted by atomic mass is 10.00. The second-order valence-corrected chi connectivity index (χ2v) is 7.17. The van der Waals surface area contributed by atoms with Crippen molar-refractivity contribution in [1.82, 2.24) is 15.2 Å². The third-order valence-corrected chi connectivity index (χ3v) is 5.30. The van der Waals surface area contributed by atoms with Crippen molar-refractivity contribution in [3.63, 3.8) is 0 Å². The van der Waals surface area contributed by atoms with Crippen LogP contribution >= 0.6 is 0 Å². The van der Waals surface area contributed by atoms with Crippen LogP contribution in [0.15, 0.2) is 47.6 Å². The van der Waals surface area contributed by atoms with E-state index < -0.39 is 0 Å². The molecule has 0 aliphatic carbocycles. The molecular formula is C21H25N5O. The molecule has 2 aliphatic heterocycles. The van der Waals surface area contributed by atoms with Crippen LogP contribution in [0, 0.1) is 0 Å². The van der Waals surface area contributed by atoms with Crippen molar-refractivity contribution in [3.05, 3.63) is 59.3 Å². The van der Waals surface area contributed by atoms with E-state index in [2.05, 4.69) is 49.4 Å². The summed E-state index contributed by atoms with van der Waals surface area (Å²) in [7, 11) is 1.77. The first-order chi connectivity index (χ1) is 13.2. The molecule has 1 saturated heterocycles. The first kappa shape index (κ1) is 17.5. The number of likely N-dealkylation sites (tertiary alicyclic amines) is 1. The van der Waals surface area contributed by atoms with Crippen LogP contribution in [0.25, 0.3) is 0 Å². The third-order valence-electron chi connectivity index (χ3n) is 5.30. The van der Waals surface area contributed by atoms with Crippen LogP contribution in [-0.2, 0) is 13.0 Å². The number of hydrogen-bond donors (Lipinski definition) is 1. The number of benzene rings is 1. The summed E-state index contributed by atoms with van der Waals surface area (Å²) >= 11 is 0. The van der Waals surface area contributed by atoms with Crippen LogP contribution in [0.2, 0.25) is 0 Å². The molecule has 0 bridgehead atoms. The van der Waals surface area contributed by atoms with Gasteiger partial charge < -0.3 is 15.1 Å². The number of nitrogens with zero attached hydrogens (tertiary/aromatic N) is 4. The van der Waals surface area contributed by atoms with Crippen molar-refractivity contribution in [2.75, 3.05) is 31.6 Å². The maximum absolute atomic E-state index is 12.7. The molecule has 1 atom stereocenters. The van der Waals surface area contributed by atoms with Crippen molar-refractivity contribution in [3.8, 4) is 0 Å². The summed E-state index contributed by atoms with van der Waals surface area (Å²) in [5, 5.41) is 3.14. The first-order valence-electron chi connectivity index (χ1n) is 9.48. The molecule has 27 heavy (non-hydrogen) atoms. The predicted molar refractivity (Wildman–Crippen MR) is 107 cm³/mol. The molecule has 6 heteroatoms. The summed E-state index contributed by atoms with van der Waals surface area (Å²) < 4.78 is 0. The van der Waals surface area contributed by atoms with Gasteiger partial charge in [0.15, 0.2) is 0 Å². The van der Waals surface area contributed by atoms with E-state index in [1.165, 1.54) is 11.1 Å². The largest absolute Gasteiger partial charge is 0.361 e.